The fourth-order valence-electron chi connectivity index (χ4n) is 3.70. The number of hydrogen-bond donors (Lipinski definition) is 1. The molecule has 0 aromatic carbocycles. The minimum absolute atomic E-state index is 0.0633. The van der Waals surface area contributed by atoms with Crippen LogP contribution in [0, 0.1) is 0 Å². The summed E-state index contributed by atoms with van der Waals surface area (Å²) in [5.41, 5.74) is 7.45. The third-order valence-corrected chi connectivity index (χ3v) is 5.21. The first kappa shape index (κ1) is 20.6. The summed E-state index contributed by atoms with van der Waals surface area (Å²) in [6, 6.07) is 0. The second-order valence-corrected chi connectivity index (χ2v) is 7.09. The van der Waals surface area contributed by atoms with E-state index < -0.39 is 5.91 Å². The number of aryl methyl sites for hydroxylation is 1. The number of nitrogens with zero attached hydrogens (tertiary/aromatic N) is 4. The fraction of sp³-hybridized carbons (Fsp3) is 0.556. The van der Waals surface area contributed by atoms with E-state index in [2.05, 4.69) is 15.0 Å². The van der Waals surface area contributed by atoms with Crippen LogP contribution in [0.15, 0.2) is 0 Å². The largest absolute Gasteiger partial charge is 0.381 e. The molecule has 2 aliphatic rings. The maximum Gasteiger partial charge on any atom is 0.267 e. The molecule has 1 saturated carbocycles. The van der Waals surface area contributed by atoms with Crippen molar-refractivity contribution in [3.63, 3.8) is 0 Å². The molecule has 10 heteroatoms. The van der Waals surface area contributed by atoms with Crippen LogP contribution in [0.4, 0.5) is 0 Å². The number of ether oxygens (including phenoxy) is 1. The molecule has 2 N–H and O–H groups in total. The van der Waals surface area contributed by atoms with Crippen LogP contribution in [-0.2, 0) is 17.6 Å². The van der Waals surface area contributed by atoms with Crippen molar-refractivity contribution < 1.29 is 9.53 Å². The predicted octanol–water partition coefficient (Wildman–Crippen LogP) is -1.40. The second-order valence-electron chi connectivity index (χ2n) is 7.09. The molecule has 7 nitrogen and oxygen atoms in total. The number of amides is 1. The van der Waals surface area contributed by atoms with E-state index in [1.807, 2.05) is 7.11 Å². The predicted molar refractivity (Wildman–Crippen MR) is 110 cm³/mol. The molecule has 2 heterocycles. The van der Waals surface area contributed by atoms with E-state index >= 15 is 0 Å². The SMILES string of the molecule is COC1CCCCC1.[B]c1nc([B])n(-c2nc3c(c(C(N)=O)n2)CCC3)c1[B]. The van der Waals surface area contributed by atoms with Crippen LogP contribution < -0.4 is 22.6 Å². The minimum atomic E-state index is -0.600. The highest BCUT2D eigenvalue weighted by molar-refractivity contribution is 6.48. The van der Waals surface area contributed by atoms with Gasteiger partial charge in [0, 0.05) is 18.4 Å². The van der Waals surface area contributed by atoms with E-state index in [0.29, 0.717) is 6.10 Å². The van der Waals surface area contributed by atoms with Gasteiger partial charge < -0.3 is 10.5 Å². The van der Waals surface area contributed by atoms with Crippen LogP contribution in [0.2, 0.25) is 0 Å². The monoisotopic (exact) mass is 373 g/mol. The summed E-state index contributed by atoms with van der Waals surface area (Å²) in [7, 11) is 19.0. The third-order valence-electron chi connectivity index (χ3n) is 5.21. The summed E-state index contributed by atoms with van der Waals surface area (Å²) in [4.78, 5) is 24.0. The highest BCUT2D eigenvalue weighted by atomic mass is 16.5. The number of hydrogen-bond acceptors (Lipinski definition) is 5. The molecule has 2 aromatic heterocycles. The van der Waals surface area contributed by atoms with Crippen molar-refractivity contribution in [2.24, 2.45) is 5.73 Å². The number of fused-ring (bicyclic) bond motifs is 1. The fourth-order valence-corrected chi connectivity index (χ4v) is 3.70. The number of methoxy groups -OCH3 is 1. The smallest absolute Gasteiger partial charge is 0.267 e. The molecule has 0 saturated heterocycles. The highest BCUT2D eigenvalue weighted by Gasteiger charge is 2.23. The number of rotatable bonds is 3. The Labute approximate surface area is 169 Å². The molecule has 2 aromatic rings. The van der Waals surface area contributed by atoms with Gasteiger partial charge in [-0.05, 0) is 43.3 Å². The number of imidazole rings is 1. The second kappa shape index (κ2) is 8.94. The quantitative estimate of drug-likeness (QED) is 0.668. The van der Waals surface area contributed by atoms with Gasteiger partial charge in [-0.3, -0.25) is 14.3 Å². The van der Waals surface area contributed by atoms with Gasteiger partial charge in [0.25, 0.3) is 5.91 Å². The Morgan fingerprint density at radius 2 is 1.79 bits per heavy atom. The Kier molecular flexibility index (Phi) is 6.59. The average Bonchev–Trinajstić information content (AvgIpc) is 3.26. The van der Waals surface area contributed by atoms with Gasteiger partial charge in [0.2, 0.25) is 5.95 Å². The molecular formula is C18H22B3N5O2. The number of carbonyl (C=O) groups excluding carboxylic acids is 1. The molecule has 1 fully saturated rings. The summed E-state index contributed by atoms with van der Waals surface area (Å²) < 4.78 is 6.50. The Bertz CT molecular complexity index is 865. The Morgan fingerprint density at radius 1 is 1.07 bits per heavy atom. The molecule has 0 atom stereocenters. The molecule has 6 radical (unpaired) electrons. The van der Waals surface area contributed by atoms with E-state index in [-0.39, 0.29) is 28.6 Å². The lowest BCUT2D eigenvalue weighted by molar-refractivity contribution is 0.0710. The first-order valence-corrected chi connectivity index (χ1v) is 9.54. The van der Waals surface area contributed by atoms with E-state index in [4.69, 9.17) is 34.0 Å². The Morgan fingerprint density at radius 3 is 2.32 bits per heavy atom. The maximum absolute atomic E-state index is 11.5. The molecule has 1 amide bonds. The van der Waals surface area contributed by atoms with Gasteiger partial charge in [-0.2, -0.15) is 0 Å². The van der Waals surface area contributed by atoms with Gasteiger partial charge in [0.05, 0.1) is 11.8 Å². The minimum Gasteiger partial charge on any atom is -0.381 e. The molecule has 140 valence electrons. The lowest BCUT2D eigenvalue weighted by Crippen LogP contribution is -2.33. The van der Waals surface area contributed by atoms with Gasteiger partial charge in [-0.15, -0.1) is 0 Å². The number of primary amides is 1. The van der Waals surface area contributed by atoms with Gasteiger partial charge >= 0.3 is 0 Å². The zero-order chi connectivity index (χ0) is 20.3. The van der Waals surface area contributed by atoms with E-state index in [1.165, 1.54) is 36.7 Å². The van der Waals surface area contributed by atoms with Crippen molar-refractivity contribution in [3.05, 3.63) is 17.0 Å². The summed E-state index contributed by atoms with van der Waals surface area (Å²) in [5.74, 6) is -0.435. The number of carbonyl (C=O) groups is 1. The molecule has 0 aliphatic heterocycles. The zero-order valence-electron chi connectivity index (χ0n) is 16.1. The first-order chi connectivity index (χ1) is 13.4. The van der Waals surface area contributed by atoms with Gasteiger partial charge in [0.1, 0.15) is 21.4 Å². The van der Waals surface area contributed by atoms with Gasteiger partial charge in [0.15, 0.2) is 7.85 Å². The summed E-state index contributed by atoms with van der Waals surface area (Å²) in [6.07, 6.45) is 9.73. The third kappa shape index (κ3) is 4.32. The van der Waals surface area contributed by atoms with E-state index in [9.17, 15) is 4.79 Å². The molecular weight excluding hydrogens is 351 g/mol. The van der Waals surface area contributed by atoms with Crippen LogP contribution in [0.3, 0.4) is 0 Å². The van der Waals surface area contributed by atoms with Gasteiger partial charge in [-0.1, -0.05) is 19.3 Å². The van der Waals surface area contributed by atoms with Crippen LogP contribution in [0.5, 0.6) is 0 Å². The average molecular weight is 373 g/mol. The zero-order valence-corrected chi connectivity index (χ0v) is 16.1. The van der Waals surface area contributed by atoms with Crippen molar-refractivity contribution in [3.8, 4) is 5.95 Å². The topological polar surface area (TPSA) is 95.9 Å². The Balaban J connectivity index is 0.000000236. The van der Waals surface area contributed by atoms with Crippen molar-refractivity contribution in [1.29, 1.82) is 0 Å². The summed E-state index contributed by atoms with van der Waals surface area (Å²) in [6.45, 7) is 0. The maximum atomic E-state index is 11.5. The standard InChI is InChI=1S/C11H8B3N5O.C7H14O/c12-7-8(13)19(10(14)18-7)11-16-5-3-1-2-4(5)6(17-11)9(15)20;1-8-7-5-3-2-4-6-7/h1-3H2,(H2,15,20);7H,2-6H2,1H3. The number of aromatic nitrogens is 4. The van der Waals surface area contributed by atoms with Crippen molar-refractivity contribution in [1.82, 2.24) is 19.5 Å². The summed E-state index contributed by atoms with van der Waals surface area (Å²) >= 11 is 0. The van der Waals surface area contributed by atoms with Crippen LogP contribution in [0.25, 0.3) is 5.95 Å². The molecule has 4 rings (SSSR count). The first-order valence-electron chi connectivity index (χ1n) is 9.54. The van der Waals surface area contributed by atoms with Crippen molar-refractivity contribution in [2.45, 2.75) is 57.5 Å². The van der Waals surface area contributed by atoms with E-state index in [0.717, 1.165) is 30.5 Å². The lowest BCUT2D eigenvalue weighted by Gasteiger charge is -2.19. The number of nitrogens with two attached hydrogens (primary N) is 1. The van der Waals surface area contributed by atoms with Crippen molar-refractivity contribution >= 4 is 46.4 Å². The van der Waals surface area contributed by atoms with Crippen molar-refractivity contribution in [2.75, 3.05) is 7.11 Å². The summed E-state index contributed by atoms with van der Waals surface area (Å²) in [5, 5.41) is 0. The lowest BCUT2D eigenvalue weighted by atomic mass is 9.91. The van der Waals surface area contributed by atoms with E-state index in [1.54, 1.807) is 0 Å². The molecule has 0 spiro atoms. The molecule has 0 unspecified atom stereocenters. The van der Waals surface area contributed by atoms with Crippen LogP contribution in [-0.4, -0.2) is 62.2 Å². The molecule has 28 heavy (non-hydrogen) atoms. The van der Waals surface area contributed by atoms with Gasteiger partial charge in [-0.25, -0.2) is 9.97 Å². The Hall–Kier alpha value is -2.09. The van der Waals surface area contributed by atoms with Crippen LogP contribution in [0.1, 0.15) is 60.3 Å². The molecule has 0 bridgehead atoms. The molecule has 2 aliphatic carbocycles. The van der Waals surface area contributed by atoms with Crippen LogP contribution >= 0.6 is 0 Å². The normalized spacial score (nSPS) is 16.3. The highest BCUT2D eigenvalue weighted by Crippen LogP contribution is 2.23.